The summed E-state index contributed by atoms with van der Waals surface area (Å²) in [5, 5.41) is 0. The number of hydrogen-bond acceptors (Lipinski definition) is 6. The van der Waals surface area contributed by atoms with Gasteiger partial charge in [-0.15, -0.1) is 0 Å². The highest BCUT2D eigenvalue weighted by molar-refractivity contribution is 5.71. The van der Waals surface area contributed by atoms with Crippen LogP contribution in [0.15, 0.2) is 60.8 Å². The van der Waals surface area contributed by atoms with Gasteiger partial charge in [0, 0.05) is 19.3 Å². The third-order valence-electron chi connectivity index (χ3n) is 13.0. The average molecular weight is 966 g/mol. The van der Waals surface area contributed by atoms with Gasteiger partial charge in [-0.05, 0) is 89.9 Å². The summed E-state index contributed by atoms with van der Waals surface area (Å²) in [5.74, 6) is -0.882. The highest BCUT2D eigenvalue weighted by Gasteiger charge is 2.19. The van der Waals surface area contributed by atoms with Crippen molar-refractivity contribution in [3.8, 4) is 0 Å². The molecule has 1 atom stereocenters. The maximum absolute atomic E-state index is 12.9. The molecule has 0 saturated carbocycles. The Bertz CT molecular complexity index is 1250. The van der Waals surface area contributed by atoms with E-state index in [1.807, 2.05) is 0 Å². The number of allylic oxidation sites excluding steroid dienone is 10. The molecule has 400 valence electrons. The number of carbonyl (C=O) groups excluding carboxylic acids is 3. The Morgan fingerprint density at radius 1 is 0.290 bits per heavy atom. The zero-order valence-corrected chi connectivity index (χ0v) is 45.8. The molecule has 0 fully saturated rings. The van der Waals surface area contributed by atoms with Crippen LogP contribution in [0.4, 0.5) is 0 Å². The van der Waals surface area contributed by atoms with Gasteiger partial charge in [0.2, 0.25) is 0 Å². The van der Waals surface area contributed by atoms with Crippen LogP contribution in [0, 0.1) is 0 Å². The number of esters is 3. The Morgan fingerprint density at radius 3 is 0.841 bits per heavy atom. The van der Waals surface area contributed by atoms with E-state index >= 15 is 0 Å². The van der Waals surface area contributed by atoms with E-state index in [2.05, 4.69) is 81.5 Å². The molecule has 69 heavy (non-hydrogen) atoms. The molecule has 0 aromatic rings. The average Bonchev–Trinajstić information content (AvgIpc) is 3.35. The predicted octanol–water partition coefficient (Wildman–Crippen LogP) is 20.0. The molecule has 0 aliphatic carbocycles. The van der Waals surface area contributed by atoms with E-state index in [9.17, 15) is 14.4 Å². The fraction of sp³-hybridized carbons (Fsp3) is 0.794. The van der Waals surface area contributed by atoms with E-state index in [0.717, 1.165) is 89.9 Å². The van der Waals surface area contributed by atoms with Gasteiger partial charge in [-0.2, -0.15) is 0 Å². The molecule has 0 aromatic carbocycles. The van der Waals surface area contributed by atoms with Crippen molar-refractivity contribution in [1.82, 2.24) is 0 Å². The molecule has 0 radical (unpaired) electrons. The monoisotopic (exact) mass is 965 g/mol. The topological polar surface area (TPSA) is 78.9 Å². The van der Waals surface area contributed by atoms with Crippen molar-refractivity contribution in [1.29, 1.82) is 0 Å². The molecule has 0 aromatic heterocycles. The third-order valence-corrected chi connectivity index (χ3v) is 13.0. The summed E-state index contributed by atoms with van der Waals surface area (Å²) in [5.41, 5.74) is 0. The van der Waals surface area contributed by atoms with Crippen LogP contribution in [0.5, 0.6) is 0 Å². The Kier molecular flexibility index (Phi) is 55.3. The van der Waals surface area contributed by atoms with Gasteiger partial charge in [0.15, 0.2) is 6.10 Å². The maximum atomic E-state index is 12.9. The zero-order chi connectivity index (χ0) is 50.0. The van der Waals surface area contributed by atoms with Crippen LogP contribution < -0.4 is 0 Å². The first-order valence-electron chi connectivity index (χ1n) is 29.8. The van der Waals surface area contributed by atoms with E-state index in [-0.39, 0.29) is 31.1 Å². The largest absolute Gasteiger partial charge is 0.462 e. The van der Waals surface area contributed by atoms with Crippen molar-refractivity contribution in [2.45, 2.75) is 309 Å². The first-order chi connectivity index (χ1) is 34.0. The highest BCUT2D eigenvalue weighted by Crippen LogP contribution is 2.16. The standard InChI is InChI=1S/C63H112O6/c1-4-7-10-13-16-19-22-24-26-28-29-30-31-32-33-35-36-38-41-44-47-50-53-56-62(65)68-59-60(58-67-61(64)55-52-49-46-43-40-21-18-15-12-9-6-3)69-63(66)57-54-51-48-45-42-39-37-34-27-25-23-20-17-14-11-8-5-2/h17,20,22,24-25,27-29,31-32,60H,4-16,18-19,21,23,26,30,33-59H2,1-3H3/b20-17-,24-22-,27-25-,29-28-,32-31-. The summed E-state index contributed by atoms with van der Waals surface area (Å²) in [7, 11) is 0. The zero-order valence-electron chi connectivity index (χ0n) is 45.8. The lowest BCUT2D eigenvalue weighted by Gasteiger charge is -2.18. The summed E-state index contributed by atoms with van der Waals surface area (Å²) >= 11 is 0. The number of ether oxygens (including phenoxy) is 3. The van der Waals surface area contributed by atoms with E-state index in [1.165, 1.54) is 173 Å². The predicted molar refractivity (Wildman–Crippen MR) is 298 cm³/mol. The fourth-order valence-corrected chi connectivity index (χ4v) is 8.48. The van der Waals surface area contributed by atoms with Crippen molar-refractivity contribution in [2.24, 2.45) is 0 Å². The normalized spacial score (nSPS) is 12.4. The molecule has 0 amide bonds. The SMILES string of the molecule is CCCCC/C=C\C/C=C\CCCCCCCCCC(=O)OC(COC(=O)CCCCCCCCCC/C=C\C/C=C\C/C=C\CCCCCCC)COC(=O)CCCCCCCCCCCCC. The van der Waals surface area contributed by atoms with Gasteiger partial charge >= 0.3 is 17.9 Å². The number of carbonyl (C=O) groups is 3. The number of rotatable bonds is 54. The number of unbranched alkanes of at least 4 members (excludes halogenated alkanes) is 33. The molecule has 0 N–H and O–H groups in total. The van der Waals surface area contributed by atoms with E-state index < -0.39 is 6.10 Å². The first-order valence-corrected chi connectivity index (χ1v) is 29.8. The summed E-state index contributed by atoms with van der Waals surface area (Å²) in [4.78, 5) is 38.1. The molecule has 0 saturated heterocycles. The van der Waals surface area contributed by atoms with E-state index in [0.29, 0.717) is 19.3 Å². The fourth-order valence-electron chi connectivity index (χ4n) is 8.48. The molecule has 0 spiro atoms. The molecule has 0 aliphatic heterocycles. The summed E-state index contributed by atoms with van der Waals surface area (Å²) in [6, 6.07) is 0. The number of hydrogen-bond donors (Lipinski definition) is 0. The smallest absolute Gasteiger partial charge is 0.306 e. The van der Waals surface area contributed by atoms with Gasteiger partial charge in [0.25, 0.3) is 0 Å². The van der Waals surface area contributed by atoms with Crippen molar-refractivity contribution >= 4 is 17.9 Å². The van der Waals surface area contributed by atoms with Crippen molar-refractivity contribution in [3.05, 3.63) is 60.8 Å². The van der Waals surface area contributed by atoms with Gasteiger partial charge in [-0.1, -0.05) is 255 Å². The Labute approximate surface area is 428 Å². The van der Waals surface area contributed by atoms with Crippen LogP contribution in [0.1, 0.15) is 303 Å². The third kappa shape index (κ3) is 55.9. The molecule has 6 nitrogen and oxygen atoms in total. The minimum atomic E-state index is -0.780. The molecular weight excluding hydrogens is 853 g/mol. The van der Waals surface area contributed by atoms with Crippen LogP contribution in [-0.4, -0.2) is 37.2 Å². The second-order valence-corrected chi connectivity index (χ2v) is 19.9. The minimum Gasteiger partial charge on any atom is -0.462 e. The Hall–Kier alpha value is -2.89. The molecule has 0 rings (SSSR count). The van der Waals surface area contributed by atoms with Gasteiger partial charge in [0.05, 0.1) is 0 Å². The lowest BCUT2D eigenvalue weighted by atomic mass is 10.1. The van der Waals surface area contributed by atoms with E-state index in [1.54, 1.807) is 0 Å². The summed E-state index contributed by atoms with van der Waals surface area (Å²) in [6.07, 6.45) is 72.1. The van der Waals surface area contributed by atoms with Crippen LogP contribution in [-0.2, 0) is 28.6 Å². The Balaban J connectivity index is 4.31. The lowest BCUT2D eigenvalue weighted by Crippen LogP contribution is -2.30. The maximum Gasteiger partial charge on any atom is 0.306 e. The lowest BCUT2D eigenvalue weighted by molar-refractivity contribution is -0.167. The van der Waals surface area contributed by atoms with E-state index in [4.69, 9.17) is 14.2 Å². The Morgan fingerprint density at radius 2 is 0.522 bits per heavy atom. The van der Waals surface area contributed by atoms with Crippen LogP contribution in [0.2, 0.25) is 0 Å². The molecule has 0 heterocycles. The highest BCUT2D eigenvalue weighted by atomic mass is 16.6. The summed E-state index contributed by atoms with van der Waals surface area (Å²) < 4.78 is 16.9. The van der Waals surface area contributed by atoms with Gasteiger partial charge in [-0.25, -0.2) is 0 Å². The quantitative estimate of drug-likeness (QED) is 0.0262. The van der Waals surface area contributed by atoms with Crippen LogP contribution in [0.3, 0.4) is 0 Å². The van der Waals surface area contributed by atoms with Crippen LogP contribution in [0.25, 0.3) is 0 Å². The molecule has 0 aliphatic rings. The van der Waals surface area contributed by atoms with Crippen molar-refractivity contribution in [3.63, 3.8) is 0 Å². The van der Waals surface area contributed by atoms with Gasteiger partial charge in [0.1, 0.15) is 13.2 Å². The minimum absolute atomic E-state index is 0.0775. The first kappa shape index (κ1) is 66.1. The second kappa shape index (κ2) is 57.7. The molecule has 0 bridgehead atoms. The van der Waals surface area contributed by atoms with Crippen molar-refractivity contribution < 1.29 is 28.6 Å². The molecule has 6 heteroatoms. The van der Waals surface area contributed by atoms with Gasteiger partial charge < -0.3 is 14.2 Å². The van der Waals surface area contributed by atoms with Gasteiger partial charge in [-0.3, -0.25) is 14.4 Å². The van der Waals surface area contributed by atoms with Crippen LogP contribution >= 0.6 is 0 Å². The summed E-state index contributed by atoms with van der Waals surface area (Å²) in [6.45, 7) is 6.61. The molecule has 1 unspecified atom stereocenters. The second-order valence-electron chi connectivity index (χ2n) is 19.9. The van der Waals surface area contributed by atoms with Crippen molar-refractivity contribution in [2.75, 3.05) is 13.2 Å². The molecular formula is C63H112O6.